The Kier molecular flexibility index (Phi) is 16.0. The zero-order chi connectivity index (χ0) is 15.8. The van der Waals surface area contributed by atoms with Crippen LogP contribution in [0.4, 0.5) is 0 Å². The SMILES string of the molecule is C=CC(=O)O.C=CC(=O)OCC(CCC)CCCCC. The summed E-state index contributed by atoms with van der Waals surface area (Å²) in [5.41, 5.74) is 0. The molecule has 20 heavy (non-hydrogen) atoms. The lowest BCUT2D eigenvalue weighted by Crippen LogP contribution is -2.12. The van der Waals surface area contributed by atoms with Gasteiger partial charge in [-0.15, -0.1) is 0 Å². The molecule has 0 aromatic heterocycles. The molecule has 4 heteroatoms. The lowest BCUT2D eigenvalue weighted by atomic mass is 9.97. The monoisotopic (exact) mass is 284 g/mol. The van der Waals surface area contributed by atoms with Gasteiger partial charge in [0.25, 0.3) is 0 Å². The molecule has 0 radical (unpaired) electrons. The molecule has 0 bridgehead atoms. The van der Waals surface area contributed by atoms with Crippen LogP contribution in [0.25, 0.3) is 0 Å². The number of esters is 1. The number of hydrogen-bond acceptors (Lipinski definition) is 3. The highest BCUT2D eigenvalue weighted by molar-refractivity contribution is 5.81. The lowest BCUT2D eigenvalue weighted by Gasteiger charge is -2.15. The van der Waals surface area contributed by atoms with Crippen LogP contribution < -0.4 is 0 Å². The van der Waals surface area contributed by atoms with E-state index < -0.39 is 5.97 Å². The van der Waals surface area contributed by atoms with Crippen LogP contribution in [-0.2, 0) is 14.3 Å². The van der Waals surface area contributed by atoms with Gasteiger partial charge in [-0.2, -0.15) is 0 Å². The van der Waals surface area contributed by atoms with E-state index in [0.29, 0.717) is 12.5 Å². The van der Waals surface area contributed by atoms with Gasteiger partial charge in [0.2, 0.25) is 0 Å². The average Bonchev–Trinajstić information content (AvgIpc) is 2.45. The molecule has 4 nitrogen and oxygen atoms in total. The number of carbonyl (C=O) groups is 2. The van der Waals surface area contributed by atoms with Gasteiger partial charge in [0, 0.05) is 12.2 Å². The van der Waals surface area contributed by atoms with E-state index in [-0.39, 0.29) is 5.97 Å². The first kappa shape index (κ1) is 20.7. The second kappa shape index (κ2) is 15.5. The minimum absolute atomic E-state index is 0.299. The summed E-state index contributed by atoms with van der Waals surface area (Å²) in [5, 5.41) is 7.60. The summed E-state index contributed by atoms with van der Waals surface area (Å²) >= 11 is 0. The molecule has 0 aromatic carbocycles. The standard InChI is InChI=1S/C13H24O2.C3H4O2/c1-4-7-8-10-12(9-5-2)11-15-13(14)6-3;1-2-3(4)5/h6,12H,3-5,7-11H2,1-2H3;2H,1H2,(H,4,5). The highest BCUT2D eigenvalue weighted by Gasteiger charge is 2.09. The third kappa shape index (κ3) is 16.4. The van der Waals surface area contributed by atoms with Crippen molar-refractivity contribution in [1.29, 1.82) is 0 Å². The Bertz CT molecular complexity index is 284. The summed E-state index contributed by atoms with van der Waals surface area (Å²) in [6.45, 7) is 11.3. The number of carboxylic acid groups (broad SMARTS) is 1. The molecule has 116 valence electrons. The van der Waals surface area contributed by atoms with Gasteiger partial charge in [0.05, 0.1) is 6.61 Å². The Morgan fingerprint density at radius 2 is 1.70 bits per heavy atom. The Labute approximate surface area is 122 Å². The molecule has 1 atom stereocenters. The first-order chi connectivity index (χ1) is 9.51. The van der Waals surface area contributed by atoms with E-state index in [0.717, 1.165) is 18.9 Å². The first-order valence-electron chi connectivity index (χ1n) is 7.16. The van der Waals surface area contributed by atoms with E-state index in [2.05, 4.69) is 27.0 Å². The van der Waals surface area contributed by atoms with E-state index >= 15 is 0 Å². The molecule has 0 saturated carbocycles. The van der Waals surface area contributed by atoms with Crippen molar-refractivity contribution in [3.05, 3.63) is 25.3 Å². The lowest BCUT2D eigenvalue weighted by molar-refractivity contribution is -0.139. The number of ether oxygens (including phenoxy) is 1. The Hall–Kier alpha value is -1.58. The summed E-state index contributed by atoms with van der Waals surface area (Å²) in [5.74, 6) is -0.748. The van der Waals surface area contributed by atoms with Gasteiger partial charge in [-0.1, -0.05) is 52.7 Å². The zero-order valence-corrected chi connectivity index (χ0v) is 12.8. The minimum Gasteiger partial charge on any atom is -0.478 e. The van der Waals surface area contributed by atoms with E-state index in [1.165, 1.54) is 31.8 Å². The minimum atomic E-state index is -0.981. The van der Waals surface area contributed by atoms with Gasteiger partial charge in [-0.3, -0.25) is 0 Å². The van der Waals surface area contributed by atoms with Crippen LogP contribution in [0.15, 0.2) is 25.3 Å². The van der Waals surface area contributed by atoms with Crippen molar-refractivity contribution in [2.24, 2.45) is 5.92 Å². The van der Waals surface area contributed by atoms with E-state index in [9.17, 15) is 9.59 Å². The second-order valence-corrected chi connectivity index (χ2v) is 4.53. The largest absolute Gasteiger partial charge is 0.478 e. The molecule has 0 amide bonds. The van der Waals surface area contributed by atoms with Gasteiger partial charge in [0.15, 0.2) is 0 Å². The van der Waals surface area contributed by atoms with Crippen molar-refractivity contribution >= 4 is 11.9 Å². The van der Waals surface area contributed by atoms with Crippen LogP contribution in [0.3, 0.4) is 0 Å². The first-order valence-corrected chi connectivity index (χ1v) is 7.16. The third-order valence-corrected chi connectivity index (χ3v) is 2.72. The third-order valence-electron chi connectivity index (χ3n) is 2.72. The molecule has 1 N–H and O–H groups in total. The van der Waals surface area contributed by atoms with Crippen molar-refractivity contribution in [1.82, 2.24) is 0 Å². The molecule has 0 saturated heterocycles. The summed E-state index contributed by atoms with van der Waals surface area (Å²) < 4.78 is 5.08. The molecular formula is C16H28O4. The molecule has 0 rings (SSSR count). The van der Waals surface area contributed by atoms with Crippen LogP contribution in [-0.4, -0.2) is 23.7 Å². The van der Waals surface area contributed by atoms with Gasteiger partial charge in [-0.25, -0.2) is 9.59 Å². The Morgan fingerprint density at radius 1 is 1.10 bits per heavy atom. The molecule has 0 aliphatic heterocycles. The van der Waals surface area contributed by atoms with Crippen LogP contribution >= 0.6 is 0 Å². The number of unbranched alkanes of at least 4 members (excludes halogenated alkanes) is 2. The number of aliphatic carboxylic acids is 1. The summed E-state index contributed by atoms with van der Waals surface area (Å²) in [6.07, 6.45) is 9.30. The maximum absolute atomic E-state index is 10.9. The maximum atomic E-state index is 10.9. The van der Waals surface area contributed by atoms with Crippen molar-refractivity contribution < 1.29 is 19.4 Å². The smallest absolute Gasteiger partial charge is 0.330 e. The van der Waals surface area contributed by atoms with E-state index in [1.54, 1.807) is 0 Å². The van der Waals surface area contributed by atoms with Crippen LogP contribution in [0.2, 0.25) is 0 Å². The predicted octanol–water partition coefficient (Wildman–Crippen LogP) is 3.97. The second-order valence-electron chi connectivity index (χ2n) is 4.53. The molecule has 0 aliphatic carbocycles. The number of carboxylic acids is 1. The quantitative estimate of drug-likeness (QED) is 0.374. The number of rotatable bonds is 10. The zero-order valence-electron chi connectivity index (χ0n) is 12.8. The van der Waals surface area contributed by atoms with E-state index in [4.69, 9.17) is 9.84 Å². The highest BCUT2D eigenvalue weighted by atomic mass is 16.5. The van der Waals surface area contributed by atoms with Crippen molar-refractivity contribution in [3.8, 4) is 0 Å². The Balaban J connectivity index is 0. The molecule has 0 heterocycles. The predicted molar refractivity (Wildman–Crippen MR) is 81.5 cm³/mol. The van der Waals surface area contributed by atoms with Crippen molar-refractivity contribution in [2.45, 2.75) is 52.4 Å². The maximum Gasteiger partial charge on any atom is 0.330 e. The van der Waals surface area contributed by atoms with Gasteiger partial charge >= 0.3 is 11.9 Å². The molecule has 0 aromatic rings. The Morgan fingerprint density at radius 3 is 2.10 bits per heavy atom. The summed E-state index contributed by atoms with van der Waals surface area (Å²) in [7, 11) is 0. The number of carbonyl (C=O) groups excluding carboxylic acids is 1. The van der Waals surface area contributed by atoms with Crippen LogP contribution in [0, 0.1) is 5.92 Å². The average molecular weight is 284 g/mol. The number of hydrogen-bond donors (Lipinski definition) is 1. The summed E-state index contributed by atoms with van der Waals surface area (Å²) in [6, 6.07) is 0. The van der Waals surface area contributed by atoms with Crippen molar-refractivity contribution in [3.63, 3.8) is 0 Å². The molecular weight excluding hydrogens is 256 g/mol. The molecule has 0 aliphatic rings. The van der Waals surface area contributed by atoms with Gasteiger partial charge < -0.3 is 9.84 Å². The summed E-state index contributed by atoms with van der Waals surface area (Å²) in [4.78, 5) is 20.2. The fourth-order valence-electron chi connectivity index (χ4n) is 1.66. The normalized spacial score (nSPS) is 10.7. The fraction of sp³-hybridized carbons (Fsp3) is 0.625. The van der Waals surface area contributed by atoms with Gasteiger partial charge in [0.1, 0.15) is 0 Å². The van der Waals surface area contributed by atoms with Crippen LogP contribution in [0.1, 0.15) is 52.4 Å². The van der Waals surface area contributed by atoms with E-state index in [1.807, 2.05) is 0 Å². The molecule has 1 unspecified atom stereocenters. The topological polar surface area (TPSA) is 63.6 Å². The van der Waals surface area contributed by atoms with Crippen molar-refractivity contribution in [2.75, 3.05) is 6.61 Å². The fourth-order valence-corrected chi connectivity index (χ4v) is 1.66. The highest BCUT2D eigenvalue weighted by Crippen LogP contribution is 2.16. The van der Waals surface area contributed by atoms with Gasteiger partial charge in [-0.05, 0) is 18.8 Å². The van der Waals surface area contributed by atoms with Crippen LogP contribution in [0.5, 0.6) is 0 Å². The molecule has 0 spiro atoms. The molecule has 0 fully saturated rings.